The van der Waals surface area contributed by atoms with Gasteiger partial charge in [-0.15, -0.1) is 5.11 Å². The van der Waals surface area contributed by atoms with E-state index in [-0.39, 0.29) is 17.9 Å². The van der Waals surface area contributed by atoms with E-state index in [1.165, 1.54) is 12.5 Å². The minimum atomic E-state index is -0.302. The van der Waals surface area contributed by atoms with E-state index >= 15 is 0 Å². The maximum atomic E-state index is 13.3. The second-order valence-corrected chi connectivity index (χ2v) is 9.70. The van der Waals surface area contributed by atoms with E-state index in [1.807, 2.05) is 66.7 Å². The van der Waals surface area contributed by atoms with Crippen LogP contribution in [0.4, 0.5) is 5.69 Å². The van der Waals surface area contributed by atoms with Gasteiger partial charge in [-0.1, -0.05) is 84.9 Å². The number of carbonyl (C=O) groups is 2. The molecule has 1 aliphatic rings. The lowest BCUT2D eigenvalue weighted by Gasteiger charge is -2.26. The molecule has 0 fully saturated rings. The second kappa shape index (κ2) is 11.3. The molecule has 4 aromatic rings. The molecule has 2 amide bonds. The van der Waals surface area contributed by atoms with Crippen molar-refractivity contribution in [2.24, 2.45) is 10.2 Å². The molecule has 1 heterocycles. The van der Waals surface area contributed by atoms with Crippen LogP contribution in [0.2, 0.25) is 0 Å². The summed E-state index contributed by atoms with van der Waals surface area (Å²) in [6, 6.07) is 32.1. The van der Waals surface area contributed by atoms with Crippen LogP contribution in [-0.2, 0) is 24.3 Å². The number of fused-ring (bicyclic) bond motifs is 1. The highest BCUT2D eigenvalue weighted by atomic mass is 16.2. The van der Waals surface area contributed by atoms with Gasteiger partial charge in [0.15, 0.2) is 0 Å². The van der Waals surface area contributed by atoms with Gasteiger partial charge >= 0.3 is 0 Å². The highest BCUT2D eigenvalue weighted by Gasteiger charge is 2.29. The number of nitrogens with one attached hydrogen (secondary N) is 1. The first-order valence-corrected chi connectivity index (χ1v) is 12.7. The molecule has 0 spiro atoms. The number of hydrogen-bond donors (Lipinski definition) is 1. The summed E-state index contributed by atoms with van der Waals surface area (Å²) in [7, 11) is 2.06. The number of hydrogen-bond acceptors (Lipinski definition) is 4. The Morgan fingerprint density at radius 3 is 2.16 bits per heavy atom. The Labute approximate surface area is 223 Å². The van der Waals surface area contributed by atoms with Gasteiger partial charge in [-0.2, -0.15) is 5.11 Å². The van der Waals surface area contributed by atoms with Crippen LogP contribution in [0.5, 0.6) is 0 Å². The first-order chi connectivity index (χ1) is 18.5. The predicted octanol–water partition coefficient (Wildman–Crippen LogP) is 6.83. The zero-order valence-corrected chi connectivity index (χ0v) is 21.6. The molecule has 1 atom stereocenters. The molecule has 5 rings (SSSR count). The molecule has 190 valence electrons. The van der Waals surface area contributed by atoms with Crippen LogP contribution in [0, 0.1) is 0 Å². The fraction of sp³-hybridized carbons (Fsp3) is 0.188. The quantitative estimate of drug-likeness (QED) is 0.287. The maximum absolute atomic E-state index is 13.3. The van der Waals surface area contributed by atoms with Gasteiger partial charge < -0.3 is 5.32 Å². The van der Waals surface area contributed by atoms with E-state index in [0.717, 1.165) is 40.0 Å². The molecule has 6 heteroatoms. The van der Waals surface area contributed by atoms with Crippen LogP contribution in [0.3, 0.4) is 0 Å². The van der Waals surface area contributed by atoms with Gasteiger partial charge in [-0.3, -0.25) is 14.5 Å². The van der Waals surface area contributed by atoms with Crippen LogP contribution in [0.25, 0.3) is 11.1 Å². The normalized spacial score (nSPS) is 14.4. The molecular formula is C32H30N4O2. The van der Waals surface area contributed by atoms with Crippen LogP contribution in [0.1, 0.15) is 45.6 Å². The van der Waals surface area contributed by atoms with Gasteiger partial charge in [0, 0.05) is 32.1 Å². The average molecular weight is 503 g/mol. The smallest absolute Gasteiger partial charge is 0.295 e. The number of nitrogens with zero attached hydrogens (tertiary/aromatic N) is 3. The molecule has 0 saturated carbocycles. The highest BCUT2D eigenvalue weighted by molar-refractivity contribution is 6.00. The van der Waals surface area contributed by atoms with Gasteiger partial charge in [0.2, 0.25) is 5.91 Å². The third kappa shape index (κ3) is 5.76. The van der Waals surface area contributed by atoms with Gasteiger partial charge in [-0.25, -0.2) is 0 Å². The fourth-order valence-corrected chi connectivity index (χ4v) is 5.01. The van der Waals surface area contributed by atoms with Gasteiger partial charge in [0.05, 0.1) is 5.56 Å². The highest BCUT2D eigenvalue weighted by Crippen LogP contribution is 2.38. The van der Waals surface area contributed by atoms with E-state index in [1.54, 1.807) is 0 Å². The van der Waals surface area contributed by atoms with E-state index in [2.05, 4.69) is 57.8 Å². The Morgan fingerprint density at radius 1 is 0.842 bits per heavy atom. The van der Waals surface area contributed by atoms with E-state index in [0.29, 0.717) is 18.5 Å². The summed E-state index contributed by atoms with van der Waals surface area (Å²) in [5.74, 6) is -0.417. The Kier molecular flexibility index (Phi) is 7.52. The van der Waals surface area contributed by atoms with Crippen molar-refractivity contribution in [3.05, 3.63) is 125 Å². The van der Waals surface area contributed by atoms with Gasteiger partial charge in [0.25, 0.3) is 5.91 Å². The number of azo groups is 1. The molecule has 0 saturated heterocycles. The van der Waals surface area contributed by atoms with Crippen LogP contribution in [0.15, 0.2) is 107 Å². The molecule has 0 bridgehead atoms. The third-order valence-corrected chi connectivity index (χ3v) is 6.72. The molecule has 1 aliphatic heterocycles. The SMILES string of the molecule is CC(=O)Nc1ccc(-c2ccc3c(c2CN(C)Cc2ccccc2)C(=O)N=NC3Cc2ccccc2)cc1. The van der Waals surface area contributed by atoms with Gasteiger partial charge in [-0.05, 0) is 52.6 Å². The van der Waals surface area contributed by atoms with Crippen molar-refractivity contribution < 1.29 is 9.59 Å². The molecule has 38 heavy (non-hydrogen) atoms. The average Bonchev–Trinajstić information content (AvgIpc) is 2.91. The molecule has 0 radical (unpaired) electrons. The Morgan fingerprint density at radius 2 is 1.50 bits per heavy atom. The monoisotopic (exact) mass is 502 g/mol. The Hall–Kier alpha value is -4.42. The molecule has 6 nitrogen and oxygen atoms in total. The van der Waals surface area contributed by atoms with Crippen molar-refractivity contribution in [2.75, 3.05) is 12.4 Å². The summed E-state index contributed by atoms with van der Waals surface area (Å²) in [5.41, 5.74) is 7.53. The number of rotatable bonds is 8. The third-order valence-electron chi connectivity index (χ3n) is 6.72. The molecule has 1 unspecified atom stereocenters. The van der Waals surface area contributed by atoms with Crippen LogP contribution in [-0.4, -0.2) is 23.8 Å². The van der Waals surface area contributed by atoms with E-state index in [9.17, 15) is 9.59 Å². The second-order valence-electron chi connectivity index (χ2n) is 9.70. The van der Waals surface area contributed by atoms with Crippen molar-refractivity contribution >= 4 is 17.5 Å². The largest absolute Gasteiger partial charge is 0.326 e. The molecule has 4 aromatic carbocycles. The van der Waals surface area contributed by atoms with Crippen LogP contribution >= 0.6 is 0 Å². The molecular weight excluding hydrogens is 472 g/mol. The maximum Gasteiger partial charge on any atom is 0.295 e. The summed E-state index contributed by atoms with van der Waals surface area (Å²) < 4.78 is 0. The molecule has 0 aromatic heterocycles. The lowest BCUT2D eigenvalue weighted by Crippen LogP contribution is -2.22. The summed E-state index contributed by atoms with van der Waals surface area (Å²) in [6.45, 7) is 2.80. The lowest BCUT2D eigenvalue weighted by atomic mass is 9.86. The zero-order valence-electron chi connectivity index (χ0n) is 21.6. The van der Waals surface area contributed by atoms with Crippen molar-refractivity contribution in [3.8, 4) is 11.1 Å². The fourth-order valence-electron chi connectivity index (χ4n) is 5.01. The standard InChI is InChI=1S/C32H30N4O2/c1-22(37)33-26-15-13-25(14-16-26)27-17-18-28-30(19-23-9-5-3-6-10-23)34-35-32(38)31(28)29(27)21-36(2)20-24-11-7-4-8-12-24/h3-18,30H,19-21H2,1-2H3,(H,33,37). The topological polar surface area (TPSA) is 74.1 Å². The van der Waals surface area contributed by atoms with Crippen LogP contribution < -0.4 is 5.32 Å². The number of benzene rings is 4. The Balaban J connectivity index is 1.55. The van der Waals surface area contributed by atoms with E-state index < -0.39 is 0 Å². The number of carbonyl (C=O) groups excluding carboxylic acids is 2. The number of anilines is 1. The minimum absolute atomic E-state index is 0.116. The Bertz CT molecular complexity index is 1470. The van der Waals surface area contributed by atoms with E-state index in [4.69, 9.17) is 0 Å². The van der Waals surface area contributed by atoms with Crippen molar-refractivity contribution in [3.63, 3.8) is 0 Å². The predicted molar refractivity (Wildman–Crippen MR) is 150 cm³/mol. The summed E-state index contributed by atoms with van der Waals surface area (Å²) in [5, 5.41) is 11.3. The summed E-state index contributed by atoms with van der Waals surface area (Å²) >= 11 is 0. The lowest BCUT2D eigenvalue weighted by molar-refractivity contribution is -0.114. The minimum Gasteiger partial charge on any atom is -0.326 e. The molecule has 0 aliphatic carbocycles. The summed E-state index contributed by atoms with van der Waals surface area (Å²) in [6.07, 6.45) is 0.675. The first kappa shape index (κ1) is 25.2. The first-order valence-electron chi connectivity index (χ1n) is 12.7. The zero-order chi connectivity index (χ0) is 26.5. The van der Waals surface area contributed by atoms with Crippen molar-refractivity contribution in [2.45, 2.75) is 32.5 Å². The molecule has 1 N–H and O–H groups in total. The van der Waals surface area contributed by atoms with Crippen molar-refractivity contribution in [1.82, 2.24) is 4.90 Å². The number of amides is 2. The van der Waals surface area contributed by atoms with Crippen molar-refractivity contribution in [1.29, 1.82) is 0 Å². The summed E-state index contributed by atoms with van der Waals surface area (Å²) in [4.78, 5) is 27.0. The van der Waals surface area contributed by atoms with Gasteiger partial charge in [0.1, 0.15) is 6.04 Å².